The van der Waals surface area contributed by atoms with Gasteiger partial charge < -0.3 is 10.6 Å². The fourth-order valence-electron chi connectivity index (χ4n) is 1.53. The van der Waals surface area contributed by atoms with Gasteiger partial charge in [-0.1, -0.05) is 11.6 Å². The molecule has 1 aliphatic rings. The Bertz CT molecular complexity index is 391. The topological polar surface area (TPSA) is 36.4 Å². The quantitative estimate of drug-likeness (QED) is 0.651. The molecule has 5 heteroatoms. The first-order chi connectivity index (χ1) is 8.24. The summed E-state index contributed by atoms with van der Waals surface area (Å²) in [5.41, 5.74) is 0. The Morgan fingerprint density at radius 2 is 2.24 bits per heavy atom. The Kier molecular flexibility index (Phi) is 4.57. The Balaban J connectivity index is 1.65. The van der Waals surface area contributed by atoms with Gasteiger partial charge in [0.15, 0.2) is 5.96 Å². The highest BCUT2D eigenvalue weighted by Gasteiger charge is 2.10. The number of thioether (sulfide) groups is 1. The first-order valence-electron chi connectivity index (χ1n) is 5.67. The summed E-state index contributed by atoms with van der Waals surface area (Å²) in [5.74, 6) is 1.94. The van der Waals surface area contributed by atoms with Crippen molar-refractivity contribution < 1.29 is 0 Å². The first kappa shape index (κ1) is 12.6. The molecule has 3 nitrogen and oxygen atoms in total. The van der Waals surface area contributed by atoms with Crippen molar-refractivity contribution in [3.8, 4) is 0 Å². The van der Waals surface area contributed by atoms with E-state index in [-0.39, 0.29) is 0 Å². The molecule has 0 bridgehead atoms. The molecular formula is C12H16ClN3S. The van der Waals surface area contributed by atoms with Crippen LogP contribution >= 0.6 is 23.4 Å². The summed E-state index contributed by atoms with van der Waals surface area (Å²) in [6.45, 7) is 3.90. The first-order valence-corrected chi connectivity index (χ1v) is 7.03. The lowest BCUT2D eigenvalue weighted by Crippen LogP contribution is -2.38. The molecule has 1 aliphatic heterocycles. The summed E-state index contributed by atoms with van der Waals surface area (Å²) in [4.78, 5) is 5.58. The minimum atomic E-state index is 0.460. The van der Waals surface area contributed by atoms with Crippen LogP contribution in [0.25, 0.3) is 0 Å². The highest BCUT2D eigenvalue weighted by molar-refractivity contribution is 7.99. The summed E-state index contributed by atoms with van der Waals surface area (Å²) in [5, 5.41) is 7.34. The van der Waals surface area contributed by atoms with Crippen LogP contribution in [0.5, 0.6) is 0 Å². The third kappa shape index (κ3) is 4.13. The van der Waals surface area contributed by atoms with Gasteiger partial charge >= 0.3 is 0 Å². The summed E-state index contributed by atoms with van der Waals surface area (Å²) in [6.07, 6.45) is 0. The Morgan fingerprint density at radius 3 is 2.88 bits per heavy atom. The summed E-state index contributed by atoms with van der Waals surface area (Å²) >= 11 is 7.64. The van der Waals surface area contributed by atoms with Crippen LogP contribution in [0.3, 0.4) is 0 Å². The van der Waals surface area contributed by atoms with E-state index in [1.54, 1.807) is 0 Å². The van der Waals surface area contributed by atoms with E-state index in [0.717, 1.165) is 29.8 Å². The lowest BCUT2D eigenvalue weighted by atomic mass is 10.4. The normalized spacial score (nSPS) is 18.7. The van der Waals surface area contributed by atoms with Crippen LogP contribution in [0, 0.1) is 0 Å². The molecule has 2 N–H and O–H groups in total. The third-order valence-corrected chi connectivity index (χ3v) is 3.65. The second-order valence-electron chi connectivity index (χ2n) is 3.96. The second-order valence-corrected chi connectivity index (χ2v) is 5.57. The maximum absolute atomic E-state index is 5.83. The molecule has 0 amide bonds. The van der Waals surface area contributed by atoms with Crippen LogP contribution in [-0.2, 0) is 0 Å². The third-order valence-electron chi connectivity index (χ3n) is 2.38. The molecule has 1 aromatic rings. The SMILES string of the molecule is CC1CN=C(NCCSc2ccc(Cl)cc2)N1. The van der Waals surface area contributed by atoms with Gasteiger partial charge in [-0.25, -0.2) is 0 Å². The lowest BCUT2D eigenvalue weighted by Gasteiger charge is -2.08. The van der Waals surface area contributed by atoms with Crippen molar-refractivity contribution in [3.05, 3.63) is 29.3 Å². The zero-order valence-corrected chi connectivity index (χ0v) is 11.3. The average molecular weight is 270 g/mol. The van der Waals surface area contributed by atoms with E-state index in [4.69, 9.17) is 11.6 Å². The highest BCUT2D eigenvalue weighted by Crippen LogP contribution is 2.19. The fourth-order valence-corrected chi connectivity index (χ4v) is 2.42. The standard InChI is InChI=1S/C12H16ClN3S/c1-9-8-15-12(16-9)14-6-7-17-11-4-2-10(13)3-5-11/h2-5,9H,6-8H2,1H3,(H2,14,15,16). The zero-order chi connectivity index (χ0) is 12.1. The van der Waals surface area contributed by atoms with E-state index in [2.05, 4.69) is 22.5 Å². The van der Waals surface area contributed by atoms with Gasteiger partial charge in [0.2, 0.25) is 0 Å². The van der Waals surface area contributed by atoms with Crippen molar-refractivity contribution in [2.45, 2.75) is 17.9 Å². The summed E-state index contributed by atoms with van der Waals surface area (Å²) in [7, 11) is 0. The molecule has 0 spiro atoms. The molecular weight excluding hydrogens is 254 g/mol. The molecule has 0 radical (unpaired) electrons. The van der Waals surface area contributed by atoms with Crippen molar-refractivity contribution in [3.63, 3.8) is 0 Å². The number of nitrogens with one attached hydrogen (secondary N) is 2. The zero-order valence-electron chi connectivity index (χ0n) is 9.74. The molecule has 0 aromatic heterocycles. The minimum absolute atomic E-state index is 0.460. The smallest absolute Gasteiger partial charge is 0.191 e. The van der Waals surface area contributed by atoms with E-state index in [1.807, 2.05) is 36.0 Å². The number of hydrogen-bond acceptors (Lipinski definition) is 4. The molecule has 0 saturated heterocycles. The van der Waals surface area contributed by atoms with Crippen LogP contribution in [0.2, 0.25) is 5.02 Å². The number of hydrogen-bond donors (Lipinski definition) is 2. The average Bonchev–Trinajstić information content (AvgIpc) is 2.73. The van der Waals surface area contributed by atoms with Gasteiger partial charge in [-0.05, 0) is 31.2 Å². The number of halogens is 1. The van der Waals surface area contributed by atoms with Gasteiger partial charge in [-0.2, -0.15) is 0 Å². The van der Waals surface area contributed by atoms with Gasteiger partial charge in [0.1, 0.15) is 0 Å². The molecule has 1 atom stereocenters. The maximum Gasteiger partial charge on any atom is 0.191 e. The number of benzene rings is 1. The van der Waals surface area contributed by atoms with E-state index in [0.29, 0.717) is 6.04 Å². The lowest BCUT2D eigenvalue weighted by molar-refractivity contribution is 0.716. The van der Waals surface area contributed by atoms with Gasteiger partial charge in [0, 0.05) is 28.3 Å². The maximum atomic E-state index is 5.83. The van der Waals surface area contributed by atoms with Crippen molar-refractivity contribution in [1.82, 2.24) is 10.6 Å². The molecule has 0 fully saturated rings. The number of rotatable bonds is 4. The highest BCUT2D eigenvalue weighted by atomic mass is 35.5. The Hall–Kier alpha value is -0.870. The van der Waals surface area contributed by atoms with Crippen molar-refractivity contribution in [2.75, 3.05) is 18.8 Å². The van der Waals surface area contributed by atoms with Crippen LogP contribution in [0.4, 0.5) is 0 Å². The Morgan fingerprint density at radius 1 is 1.47 bits per heavy atom. The number of aliphatic imine (C=N–C) groups is 1. The molecule has 1 unspecified atom stereocenters. The minimum Gasteiger partial charge on any atom is -0.356 e. The van der Waals surface area contributed by atoms with Crippen LogP contribution in [0.15, 0.2) is 34.2 Å². The molecule has 92 valence electrons. The molecule has 2 rings (SSSR count). The predicted octanol–water partition coefficient (Wildman–Crippen LogP) is 2.37. The summed E-state index contributed by atoms with van der Waals surface area (Å²) in [6, 6.07) is 8.38. The van der Waals surface area contributed by atoms with Crippen molar-refractivity contribution in [1.29, 1.82) is 0 Å². The number of guanidine groups is 1. The monoisotopic (exact) mass is 269 g/mol. The van der Waals surface area contributed by atoms with Gasteiger partial charge in [-0.3, -0.25) is 4.99 Å². The number of nitrogens with zero attached hydrogens (tertiary/aromatic N) is 1. The van der Waals surface area contributed by atoms with Crippen molar-refractivity contribution in [2.24, 2.45) is 4.99 Å². The van der Waals surface area contributed by atoms with Gasteiger partial charge in [0.25, 0.3) is 0 Å². The van der Waals surface area contributed by atoms with Crippen LogP contribution in [-0.4, -0.2) is 30.8 Å². The van der Waals surface area contributed by atoms with Crippen LogP contribution in [0.1, 0.15) is 6.92 Å². The fraction of sp³-hybridized carbons (Fsp3) is 0.417. The summed E-state index contributed by atoms with van der Waals surface area (Å²) < 4.78 is 0. The van der Waals surface area contributed by atoms with E-state index < -0.39 is 0 Å². The second kappa shape index (κ2) is 6.17. The predicted molar refractivity (Wildman–Crippen MR) is 75.1 cm³/mol. The van der Waals surface area contributed by atoms with Crippen molar-refractivity contribution >= 4 is 29.3 Å². The molecule has 1 heterocycles. The van der Waals surface area contributed by atoms with E-state index >= 15 is 0 Å². The van der Waals surface area contributed by atoms with E-state index in [9.17, 15) is 0 Å². The largest absolute Gasteiger partial charge is 0.356 e. The van der Waals surface area contributed by atoms with Gasteiger partial charge in [0.05, 0.1) is 6.54 Å². The van der Waals surface area contributed by atoms with Crippen LogP contribution < -0.4 is 10.6 Å². The molecule has 1 aromatic carbocycles. The molecule has 0 saturated carbocycles. The molecule has 0 aliphatic carbocycles. The van der Waals surface area contributed by atoms with E-state index in [1.165, 1.54) is 4.90 Å². The Labute approximate surface area is 111 Å². The molecule has 17 heavy (non-hydrogen) atoms. The van der Waals surface area contributed by atoms with Gasteiger partial charge in [-0.15, -0.1) is 11.8 Å².